The van der Waals surface area contributed by atoms with Gasteiger partial charge in [0, 0.05) is 5.02 Å². The highest BCUT2D eigenvalue weighted by Crippen LogP contribution is 2.35. The third kappa shape index (κ3) is 3.10. The molecule has 0 amide bonds. The summed E-state index contributed by atoms with van der Waals surface area (Å²) in [6.45, 7) is 3.81. The summed E-state index contributed by atoms with van der Waals surface area (Å²) in [5.41, 5.74) is 3.52. The molecule has 0 heterocycles. The molecule has 0 aliphatic rings. The van der Waals surface area contributed by atoms with Gasteiger partial charge in [-0.2, -0.15) is 0 Å². The number of hydrogen-bond donors (Lipinski definition) is 0. The van der Waals surface area contributed by atoms with Crippen LogP contribution in [0.25, 0.3) is 0 Å². The second kappa shape index (κ2) is 5.94. The monoisotopic (exact) mass is 296 g/mol. The van der Waals surface area contributed by atoms with Gasteiger partial charge in [0.05, 0.1) is 5.38 Å². The fourth-order valence-corrected chi connectivity index (χ4v) is 2.62. The van der Waals surface area contributed by atoms with Crippen molar-refractivity contribution in [3.8, 4) is 0 Å². The van der Waals surface area contributed by atoms with Crippen LogP contribution in [-0.2, 0) is 6.42 Å². The summed E-state index contributed by atoms with van der Waals surface area (Å²) < 4.78 is 13.4. The first-order valence-corrected chi connectivity index (χ1v) is 7.02. The molecule has 2 aromatic carbocycles. The second-order valence-corrected chi connectivity index (χ2v) is 5.42. The first-order chi connectivity index (χ1) is 9.02. The molecule has 3 heteroatoms. The standard InChI is InChI=1S/C16H15Cl2F/c1-3-11-4-6-12(7-5-11)16(18)13-8-10(2)15(19)9-14(13)17/h4-9,16H,3H2,1-2H3. The van der Waals surface area contributed by atoms with Crippen molar-refractivity contribution in [2.24, 2.45) is 0 Å². The smallest absolute Gasteiger partial charge is 0.127 e. The fraction of sp³-hybridized carbons (Fsp3) is 0.250. The van der Waals surface area contributed by atoms with E-state index >= 15 is 0 Å². The Hall–Kier alpha value is -1.05. The first-order valence-electron chi connectivity index (χ1n) is 6.21. The normalized spacial score (nSPS) is 12.5. The van der Waals surface area contributed by atoms with E-state index in [9.17, 15) is 4.39 Å². The summed E-state index contributed by atoms with van der Waals surface area (Å²) in [5, 5.41) is 0.000346. The van der Waals surface area contributed by atoms with Crippen molar-refractivity contribution in [3.05, 3.63) is 69.5 Å². The maximum Gasteiger partial charge on any atom is 0.127 e. The lowest BCUT2D eigenvalue weighted by Crippen LogP contribution is -1.97. The van der Waals surface area contributed by atoms with Crippen LogP contribution in [0, 0.1) is 12.7 Å². The number of halogens is 3. The lowest BCUT2D eigenvalue weighted by Gasteiger charge is -2.14. The zero-order valence-corrected chi connectivity index (χ0v) is 12.4. The molecule has 1 unspecified atom stereocenters. The maximum atomic E-state index is 13.4. The molecule has 0 spiro atoms. The minimum atomic E-state index is -0.363. The van der Waals surface area contributed by atoms with Crippen molar-refractivity contribution >= 4 is 23.2 Å². The Morgan fingerprint density at radius 2 is 1.79 bits per heavy atom. The van der Waals surface area contributed by atoms with Gasteiger partial charge >= 0.3 is 0 Å². The minimum Gasteiger partial charge on any atom is -0.207 e. The molecule has 0 aromatic heterocycles. The molecule has 0 bridgehead atoms. The Morgan fingerprint density at radius 3 is 2.37 bits per heavy atom. The van der Waals surface area contributed by atoms with Gasteiger partial charge < -0.3 is 0 Å². The highest BCUT2D eigenvalue weighted by molar-refractivity contribution is 6.33. The summed E-state index contributed by atoms with van der Waals surface area (Å²) in [6.07, 6.45) is 0.990. The minimum absolute atomic E-state index is 0.307. The Bertz CT molecular complexity index is 576. The van der Waals surface area contributed by atoms with Crippen molar-refractivity contribution in [1.82, 2.24) is 0 Å². The van der Waals surface area contributed by atoms with Crippen LogP contribution in [0.4, 0.5) is 4.39 Å². The van der Waals surface area contributed by atoms with Crippen molar-refractivity contribution in [1.29, 1.82) is 0 Å². The molecule has 0 radical (unpaired) electrons. The highest BCUT2D eigenvalue weighted by Gasteiger charge is 2.16. The van der Waals surface area contributed by atoms with Gasteiger partial charge in [0.1, 0.15) is 5.82 Å². The third-order valence-electron chi connectivity index (χ3n) is 3.23. The molecule has 0 fully saturated rings. The molecular formula is C16H15Cl2F. The van der Waals surface area contributed by atoms with Crippen LogP contribution >= 0.6 is 23.2 Å². The Morgan fingerprint density at radius 1 is 1.16 bits per heavy atom. The molecule has 0 saturated carbocycles. The lowest BCUT2D eigenvalue weighted by atomic mass is 10.0. The average Bonchev–Trinajstić information content (AvgIpc) is 2.42. The molecule has 2 aromatic rings. The quantitative estimate of drug-likeness (QED) is 0.639. The molecule has 0 aliphatic heterocycles. The molecule has 0 N–H and O–H groups in total. The molecular weight excluding hydrogens is 282 g/mol. The van der Waals surface area contributed by atoms with Crippen molar-refractivity contribution in [2.45, 2.75) is 25.6 Å². The molecule has 19 heavy (non-hydrogen) atoms. The SMILES string of the molecule is CCc1ccc(C(Cl)c2cc(C)c(F)cc2Cl)cc1. The van der Waals surface area contributed by atoms with Gasteiger partial charge in [-0.25, -0.2) is 4.39 Å². The van der Waals surface area contributed by atoms with Gasteiger partial charge in [0.2, 0.25) is 0 Å². The zero-order valence-electron chi connectivity index (χ0n) is 10.9. The van der Waals surface area contributed by atoms with E-state index in [0.29, 0.717) is 10.6 Å². The van der Waals surface area contributed by atoms with Crippen LogP contribution in [0.3, 0.4) is 0 Å². The van der Waals surface area contributed by atoms with Crippen LogP contribution in [0.2, 0.25) is 5.02 Å². The summed E-state index contributed by atoms with van der Waals surface area (Å²) in [4.78, 5) is 0. The number of aryl methyl sites for hydroxylation is 2. The molecule has 0 saturated heterocycles. The van der Waals surface area contributed by atoms with Gasteiger partial charge in [-0.1, -0.05) is 42.8 Å². The van der Waals surface area contributed by atoms with Gasteiger partial charge in [-0.15, -0.1) is 11.6 Å². The van der Waals surface area contributed by atoms with Gasteiger partial charge in [0.25, 0.3) is 0 Å². The van der Waals surface area contributed by atoms with E-state index in [0.717, 1.165) is 17.5 Å². The van der Waals surface area contributed by atoms with Gasteiger partial charge in [-0.3, -0.25) is 0 Å². The number of alkyl halides is 1. The van der Waals surface area contributed by atoms with E-state index < -0.39 is 0 Å². The number of rotatable bonds is 3. The molecule has 1 atom stereocenters. The highest BCUT2D eigenvalue weighted by atomic mass is 35.5. The van der Waals surface area contributed by atoms with Crippen LogP contribution in [0.5, 0.6) is 0 Å². The molecule has 0 nitrogen and oxygen atoms in total. The van der Waals surface area contributed by atoms with E-state index in [1.54, 1.807) is 13.0 Å². The van der Waals surface area contributed by atoms with E-state index in [2.05, 4.69) is 19.1 Å². The second-order valence-electron chi connectivity index (χ2n) is 4.58. The topological polar surface area (TPSA) is 0 Å². The number of benzene rings is 2. The van der Waals surface area contributed by atoms with Gasteiger partial charge in [0.15, 0.2) is 0 Å². The molecule has 2 rings (SSSR count). The van der Waals surface area contributed by atoms with Crippen molar-refractivity contribution in [3.63, 3.8) is 0 Å². The molecule has 100 valence electrons. The maximum absolute atomic E-state index is 13.4. The van der Waals surface area contributed by atoms with E-state index in [1.807, 2.05) is 12.1 Å². The van der Waals surface area contributed by atoms with Gasteiger partial charge in [-0.05, 0) is 47.7 Å². The lowest BCUT2D eigenvalue weighted by molar-refractivity contribution is 0.618. The summed E-state index contributed by atoms with van der Waals surface area (Å²) in [5.74, 6) is -0.307. The Balaban J connectivity index is 2.37. The van der Waals surface area contributed by atoms with Crippen LogP contribution in [0.1, 0.15) is 34.6 Å². The van der Waals surface area contributed by atoms with Crippen LogP contribution < -0.4 is 0 Å². The predicted molar refractivity (Wildman–Crippen MR) is 79.7 cm³/mol. The van der Waals surface area contributed by atoms with Crippen LogP contribution in [0.15, 0.2) is 36.4 Å². The van der Waals surface area contributed by atoms with E-state index in [-0.39, 0.29) is 11.2 Å². The first kappa shape index (κ1) is 14.4. The average molecular weight is 297 g/mol. The number of hydrogen-bond acceptors (Lipinski definition) is 0. The Labute approximate surface area is 123 Å². The van der Waals surface area contributed by atoms with Crippen LogP contribution in [-0.4, -0.2) is 0 Å². The summed E-state index contributed by atoms with van der Waals surface area (Å²) in [7, 11) is 0. The zero-order chi connectivity index (χ0) is 14.0. The van der Waals surface area contributed by atoms with E-state index in [1.165, 1.54) is 11.6 Å². The third-order valence-corrected chi connectivity index (χ3v) is 4.05. The Kier molecular flexibility index (Phi) is 4.49. The predicted octanol–water partition coefficient (Wildman–Crippen LogP) is 5.68. The summed E-state index contributed by atoms with van der Waals surface area (Å²) >= 11 is 12.5. The van der Waals surface area contributed by atoms with Crippen molar-refractivity contribution < 1.29 is 4.39 Å². The van der Waals surface area contributed by atoms with Crippen molar-refractivity contribution in [2.75, 3.05) is 0 Å². The summed E-state index contributed by atoms with van der Waals surface area (Å²) in [6, 6.07) is 11.1. The largest absolute Gasteiger partial charge is 0.207 e. The van der Waals surface area contributed by atoms with E-state index in [4.69, 9.17) is 23.2 Å². The fourth-order valence-electron chi connectivity index (χ4n) is 1.98. The molecule has 0 aliphatic carbocycles.